The standard InChI is InChI=1S/C46H68N2O9/c1-7-9-10-11-12-13-14-15-34-20-22-38(23-21-34)53-30-39(31-56-42(50)33(3)4)57-44(52)47-37-26-45(5)25-24-40(48-46(6,27-37)32-45)43(51)55-29-36-18-16-35(17-19-36)28-54-41(49)8-2/h8,20-23,35-37,39H,2-3,7,9-19,24-32H2,1,4-6H3,(H,47,52). The monoisotopic (exact) mass is 792 g/mol. The number of nitrogens with zero attached hydrogens (tertiary/aromatic N) is 1. The molecule has 316 valence electrons. The van der Waals surface area contributed by atoms with Crippen LogP contribution in [0.15, 0.2) is 54.1 Å². The molecule has 2 saturated carbocycles. The number of benzene rings is 1. The summed E-state index contributed by atoms with van der Waals surface area (Å²) in [6, 6.07) is 7.72. The van der Waals surface area contributed by atoms with Gasteiger partial charge in [-0.3, -0.25) is 4.99 Å². The molecule has 1 aromatic rings. The van der Waals surface area contributed by atoms with Crippen LogP contribution in [-0.4, -0.2) is 73.8 Å². The molecule has 4 rings (SSSR count). The number of aryl methyl sites for hydroxylation is 1. The van der Waals surface area contributed by atoms with Crippen molar-refractivity contribution in [2.24, 2.45) is 22.2 Å². The first kappa shape index (κ1) is 45.6. The molecule has 11 heteroatoms. The number of carbonyl (C=O) groups excluding carboxylic acids is 4. The number of unbranched alkanes of at least 4 members (excludes halogenated alkanes) is 6. The highest BCUT2D eigenvalue weighted by atomic mass is 16.6. The normalized spacial score (nSPS) is 24.8. The fraction of sp³-hybridized carbons (Fsp3) is 0.674. The van der Waals surface area contributed by atoms with Crippen molar-refractivity contribution < 1.29 is 42.9 Å². The molecule has 0 spiro atoms. The molecule has 0 radical (unpaired) electrons. The van der Waals surface area contributed by atoms with Gasteiger partial charge in [0.1, 0.15) is 24.7 Å². The maximum Gasteiger partial charge on any atom is 0.407 e. The number of amides is 1. The van der Waals surface area contributed by atoms with Crippen LogP contribution in [0, 0.1) is 17.3 Å². The zero-order valence-corrected chi connectivity index (χ0v) is 35.1. The number of carbonyl (C=O) groups is 4. The Morgan fingerprint density at radius 1 is 0.895 bits per heavy atom. The molecule has 1 heterocycles. The predicted octanol–water partition coefficient (Wildman–Crippen LogP) is 9.20. The second-order valence-corrected chi connectivity index (χ2v) is 17.3. The van der Waals surface area contributed by atoms with Crippen molar-refractivity contribution in [1.82, 2.24) is 5.32 Å². The first-order valence-corrected chi connectivity index (χ1v) is 21.3. The summed E-state index contributed by atoms with van der Waals surface area (Å²) in [5.41, 5.74) is 1.22. The lowest BCUT2D eigenvalue weighted by Gasteiger charge is -2.45. The van der Waals surface area contributed by atoms with E-state index in [0.717, 1.165) is 51.4 Å². The number of hydrogen-bond donors (Lipinski definition) is 1. The SMILES string of the molecule is C=CC(=O)OCC1CCC(COC(=O)C2=NC3(C)CC(NC(=O)OC(COC(=O)C(=C)C)COc4ccc(CCCCCCCCC)cc4)CC(C)(CC2)C3)CC1. The van der Waals surface area contributed by atoms with Gasteiger partial charge in [0.15, 0.2) is 6.10 Å². The van der Waals surface area contributed by atoms with Crippen LogP contribution < -0.4 is 10.1 Å². The summed E-state index contributed by atoms with van der Waals surface area (Å²) in [6.45, 7) is 15.7. The van der Waals surface area contributed by atoms with E-state index in [1.807, 2.05) is 19.1 Å². The summed E-state index contributed by atoms with van der Waals surface area (Å²) in [4.78, 5) is 55.4. The third-order valence-electron chi connectivity index (χ3n) is 11.7. The van der Waals surface area contributed by atoms with Crippen molar-refractivity contribution in [2.75, 3.05) is 26.4 Å². The molecule has 57 heavy (non-hydrogen) atoms. The number of fused-ring (bicyclic) bond motifs is 2. The summed E-state index contributed by atoms with van der Waals surface area (Å²) >= 11 is 0. The van der Waals surface area contributed by atoms with Crippen LogP contribution in [-0.2, 0) is 39.8 Å². The van der Waals surface area contributed by atoms with E-state index in [1.54, 1.807) is 6.92 Å². The number of nitrogens with one attached hydrogen (secondary N) is 1. The van der Waals surface area contributed by atoms with Crippen molar-refractivity contribution >= 4 is 29.7 Å². The topological polar surface area (TPSA) is 139 Å². The average molecular weight is 793 g/mol. The molecule has 2 bridgehead atoms. The van der Waals surface area contributed by atoms with E-state index in [1.165, 1.54) is 50.2 Å². The third-order valence-corrected chi connectivity index (χ3v) is 11.7. The third kappa shape index (κ3) is 16.0. The van der Waals surface area contributed by atoms with Gasteiger partial charge in [0.25, 0.3) is 0 Å². The molecule has 0 saturated heterocycles. The van der Waals surface area contributed by atoms with E-state index in [2.05, 4.69) is 44.5 Å². The highest BCUT2D eigenvalue weighted by Gasteiger charge is 2.47. The Morgan fingerprint density at radius 3 is 2.19 bits per heavy atom. The lowest BCUT2D eigenvalue weighted by Crippen LogP contribution is -2.50. The van der Waals surface area contributed by atoms with Gasteiger partial charge in [-0.25, -0.2) is 19.2 Å². The minimum absolute atomic E-state index is 0.00352. The van der Waals surface area contributed by atoms with Gasteiger partial charge in [-0.05, 0) is 119 Å². The molecule has 2 fully saturated rings. The van der Waals surface area contributed by atoms with Crippen LogP contribution in [0.1, 0.15) is 136 Å². The number of hydrogen-bond acceptors (Lipinski definition) is 10. The van der Waals surface area contributed by atoms with Gasteiger partial charge < -0.3 is 29.0 Å². The van der Waals surface area contributed by atoms with E-state index in [0.29, 0.717) is 49.9 Å². The molecule has 11 nitrogen and oxygen atoms in total. The summed E-state index contributed by atoms with van der Waals surface area (Å²) in [5, 5.41) is 3.05. The van der Waals surface area contributed by atoms with Crippen molar-refractivity contribution in [1.29, 1.82) is 0 Å². The average Bonchev–Trinajstić information content (AvgIpc) is 3.28. The first-order valence-electron chi connectivity index (χ1n) is 21.3. The van der Waals surface area contributed by atoms with E-state index in [4.69, 9.17) is 28.7 Å². The van der Waals surface area contributed by atoms with E-state index < -0.39 is 29.7 Å². The van der Waals surface area contributed by atoms with Gasteiger partial charge in [0.2, 0.25) is 0 Å². The highest BCUT2D eigenvalue weighted by molar-refractivity contribution is 6.36. The number of alkyl carbamates (subject to hydrolysis) is 1. The van der Waals surface area contributed by atoms with E-state index in [-0.39, 0.29) is 42.1 Å². The molecule has 1 amide bonds. The Morgan fingerprint density at radius 2 is 1.54 bits per heavy atom. The number of aliphatic imine (C=N–C) groups is 1. The van der Waals surface area contributed by atoms with Gasteiger partial charge in [-0.1, -0.05) is 77.7 Å². The number of ether oxygens (including phenoxy) is 5. The number of rotatable bonds is 22. The summed E-state index contributed by atoms with van der Waals surface area (Å²) in [5.74, 6) is -0.117. The van der Waals surface area contributed by atoms with Gasteiger partial charge in [-0.2, -0.15) is 0 Å². The Bertz CT molecular complexity index is 1530. The Kier molecular flexibility index (Phi) is 18.1. The lowest BCUT2D eigenvalue weighted by atomic mass is 9.65. The maximum atomic E-state index is 13.4. The van der Waals surface area contributed by atoms with Crippen molar-refractivity contribution in [2.45, 2.75) is 155 Å². The number of esters is 3. The fourth-order valence-corrected chi connectivity index (χ4v) is 8.68. The molecular formula is C46H68N2O9. The van der Waals surface area contributed by atoms with Gasteiger partial charge in [0.05, 0.1) is 18.8 Å². The molecule has 1 N–H and O–H groups in total. The van der Waals surface area contributed by atoms with Gasteiger partial charge in [-0.15, -0.1) is 0 Å². The maximum absolute atomic E-state index is 13.4. The molecule has 1 aromatic carbocycles. The quantitative estimate of drug-likeness (QED) is 0.0527. The van der Waals surface area contributed by atoms with Crippen molar-refractivity contribution in [3.8, 4) is 5.75 Å². The smallest absolute Gasteiger partial charge is 0.407 e. The second-order valence-electron chi connectivity index (χ2n) is 17.3. The molecule has 0 aromatic heterocycles. The zero-order chi connectivity index (χ0) is 41.3. The Hall–Kier alpha value is -4.15. The van der Waals surface area contributed by atoms with Crippen LogP contribution in [0.5, 0.6) is 5.75 Å². The van der Waals surface area contributed by atoms with Crippen LogP contribution in [0.4, 0.5) is 4.79 Å². The predicted molar refractivity (Wildman–Crippen MR) is 221 cm³/mol. The van der Waals surface area contributed by atoms with E-state index >= 15 is 0 Å². The lowest BCUT2D eigenvalue weighted by molar-refractivity contribution is -0.142. The van der Waals surface area contributed by atoms with Crippen molar-refractivity contribution in [3.05, 3.63) is 54.6 Å². The molecule has 2 aliphatic carbocycles. The Balaban J connectivity index is 1.27. The molecule has 4 unspecified atom stereocenters. The first-order chi connectivity index (χ1) is 27.3. The molecular weight excluding hydrogens is 725 g/mol. The Labute approximate surface area is 340 Å². The van der Waals surface area contributed by atoms with E-state index in [9.17, 15) is 19.2 Å². The molecule has 1 aliphatic heterocycles. The van der Waals surface area contributed by atoms with Crippen LogP contribution in [0.3, 0.4) is 0 Å². The summed E-state index contributed by atoms with van der Waals surface area (Å²) in [6.07, 6.45) is 16.5. The minimum atomic E-state index is -0.859. The van der Waals surface area contributed by atoms with Crippen molar-refractivity contribution in [3.63, 3.8) is 0 Å². The fourth-order valence-electron chi connectivity index (χ4n) is 8.68. The minimum Gasteiger partial charge on any atom is -0.490 e. The van der Waals surface area contributed by atoms with Gasteiger partial charge in [0, 0.05) is 17.7 Å². The largest absolute Gasteiger partial charge is 0.490 e. The van der Waals surface area contributed by atoms with Crippen LogP contribution in [0.25, 0.3) is 0 Å². The second kappa shape index (κ2) is 22.7. The summed E-state index contributed by atoms with van der Waals surface area (Å²) < 4.78 is 28.2. The summed E-state index contributed by atoms with van der Waals surface area (Å²) in [7, 11) is 0. The molecule has 4 atom stereocenters. The van der Waals surface area contributed by atoms with Crippen LogP contribution >= 0.6 is 0 Å². The highest BCUT2D eigenvalue weighted by Crippen LogP contribution is 2.48. The zero-order valence-electron chi connectivity index (χ0n) is 35.1. The van der Waals surface area contributed by atoms with Crippen LogP contribution in [0.2, 0.25) is 0 Å². The van der Waals surface area contributed by atoms with Gasteiger partial charge >= 0.3 is 24.0 Å². The molecule has 3 aliphatic rings.